The third-order valence-electron chi connectivity index (χ3n) is 3.50. The fraction of sp³-hybridized carbons (Fsp3) is 0.308. The largest absolute Gasteiger partial charge is 0.309 e. The molecule has 1 aliphatic heterocycles. The quantitative estimate of drug-likeness (QED) is 0.737. The first-order valence-corrected chi connectivity index (χ1v) is 7.09. The van der Waals surface area contributed by atoms with Crippen molar-refractivity contribution in [2.45, 2.75) is 19.5 Å². The number of fused-ring (bicyclic) bond motifs is 2. The van der Waals surface area contributed by atoms with Crippen molar-refractivity contribution in [3.8, 4) is 11.3 Å². The van der Waals surface area contributed by atoms with Crippen LogP contribution in [0.3, 0.4) is 0 Å². The normalized spacial score (nSPS) is 18.7. The Morgan fingerprint density at radius 3 is 3.32 bits per heavy atom. The first-order chi connectivity index (χ1) is 9.33. The lowest BCUT2D eigenvalue weighted by Crippen LogP contribution is -2.31. The van der Waals surface area contributed by atoms with Gasteiger partial charge in [0.15, 0.2) is 0 Å². The Labute approximate surface area is 114 Å². The van der Waals surface area contributed by atoms with E-state index in [9.17, 15) is 0 Å². The summed E-state index contributed by atoms with van der Waals surface area (Å²) in [6, 6.07) is 4.58. The van der Waals surface area contributed by atoms with Crippen molar-refractivity contribution in [1.82, 2.24) is 24.5 Å². The predicted molar refractivity (Wildman–Crippen MR) is 75.1 cm³/mol. The lowest BCUT2D eigenvalue weighted by atomic mass is 10.1. The molecule has 0 saturated heterocycles. The third-order valence-corrected chi connectivity index (χ3v) is 4.33. The van der Waals surface area contributed by atoms with Gasteiger partial charge in [0, 0.05) is 24.8 Å². The SMILES string of the molecule is C[C@H]1CNCc2cc(-c3ccnc4cnsc34)nn21. The molecule has 4 rings (SSSR count). The predicted octanol–water partition coefficient (Wildman–Crippen LogP) is 2.22. The molecule has 1 N–H and O–H groups in total. The van der Waals surface area contributed by atoms with Gasteiger partial charge >= 0.3 is 0 Å². The van der Waals surface area contributed by atoms with E-state index in [2.05, 4.69) is 32.3 Å². The number of hydrogen-bond acceptors (Lipinski definition) is 5. The van der Waals surface area contributed by atoms with Crippen LogP contribution in [0.15, 0.2) is 24.5 Å². The summed E-state index contributed by atoms with van der Waals surface area (Å²) in [7, 11) is 0. The highest BCUT2D eigenvalue weighted by Crippen LogP contribution is 2.30. The maximum Gasteiger partial charge on any atom is 0.102 e. The summed E-state index contributed by atoms with van der Waals surface area (Å²) >= 11 is 1.48. The van der Waals surface area contributed by atoms with Gasteiger partial charge in [-0.05, 0) is 30.6 Å². The highest BCUT2D eigenvalue weighted by molar-refractivity contribution is 7.13. The second-order valence-corrected chi connectivity index (χ2v) is 5.65. The fourth-order valence-corrected chi connectivity index (χ4v) is 3.28. The van der Waals surface area contributed by atoms with Crippen LogP contribution in [0, 0.1) is 0 Å². The highest BCUT2D eigenvalue weighted by Gasteiger charge is 2.19. The lowest BCUT2D eigenvalue weighted by Gasteiger charge is -2.21. The molecule has 0 fully saturated rings. The molecular formula is C13H13N5S. The van der Waals surface area contributed by atoms with Gasteiger partial charge in [0.25, 0.3) is 0 Å². The molecule has 0 aliphatic carbocycles. The second kappa shape index (κ2) is 4.11. The zero-order valence-electron chi connectivity index (χ0n) is 10.5. The highest BCUT2D eigenvalue weighted by atomic mass is 32.1. The Bertz CT molecular complexity index is 744. The Balaban J connectivity index is 1.91. The molecule has 6 heteroatoms. The van der Waals surface area contributed by atoms with Crippen molar-refractivity contribution < 1.29 is 0 Å². The first kappa shape index (κ1) is 11.1. The molecule has 0 spiro atoms. The zero-order valence-corrected chi connectivity index (χ0v) is 11.3. The van der Waals surface area contributed by atoms with E-state index in [4.69, 9.17) is 5.10 Å². The molecule has 0 amide bonds. The summed E-state index contributed by atoms with van der Waals surface area (Å²) in [5.41, 5.74) is 4.33. The molecule has 0 radical (unpaired) electrons. The molecule has 19 heavy (non-hydrogen) atoms. The topological polar surface area (TPSA) is 55.6 Å². The van der Waals surface area contributed by atoms with Crippen LogP contribution in [-0.4, -0.2) is 25.7 Å². The molecule has 1 atom stereocenters. The van der Waals surface area contributed by atoms with E-state index in [1.165, 1.54) is 17.2 Å². The Morgan fingerprint density at radius 2 is 2.42 bits per heavy atom. The molecule has 96 valence electrons. The molecule has 0 bridgehead atoms. The van der Waals surface area contributed by atoms with E-state index in [0.29, 0.717) is 6.04 Å². The number of aromatic nitrogens is 4. The first-order valence-electron chi connectivity index (χ1n) is 6.32. The average molecular weight is 271 g/mol. The van der Waals surface area contributed by atoms with Crippen LogP contribution in [-0.2, 0) is 6.54 Å². The van der Waals surface area contributed by atoms with Gasteiger partial charge < -0.3 is 5.32 Å². The average Bonchev–Trinajstić information content (AvgIpc) is 3.05. The van der Waals surface area contributed by atoms with E-state index in [1.807, 2.05) is 18.5 Å². The summed E-state index contributed by atoms with van der Waals surface area (Å²) in [6.07, 6.45) is 3.63. The fourth-order valence-electron chi connectivity index (χ4n) is 2.56. The van der Waals surface area contributed by atoms with E-state index in [1.54, 1.807) is 0 Å². The lowest BCUT2D eigenvalue weighted by molar-refractivity contribution is 0.392. The number of rotatable bonds is 1. The van der Waals surface area contributed by atoms with E-state index in [0.717, 1.165) is 34.6 Å². The van der Waals surface area contributed by atoms with Crippen LogP contribution in [0.4, 0.5) is 0 Å². The summed E-state index contributed by atoms with van der Waals surface area (Å²) in [6.45, 7) is 4.04. The van der Waals surface area contributed by atoms with Crippen molar-refractivity contribution in [2.75, 3.05) is 6.54 Å². The molecule has 5 nitrogen and oxygen atoms in total. The molecular weight excluding hydrogens is 258 g/mol. The second-order valence-electron chi connectivity index (χ2n) is 4.84. The minimum atomic E-state index is 0.399. The number of hydrogen-bond donors (Lipinski definition) is 1. The molecule has 3 aromatic rings. The summed E-state index contributed by atoms with van der Waals surface area (Å²) < 4.78 is 7.45. The monoisotopic (exact) mass is 271 g/mol. The third kappa shape index (κ3) is 1.67. The van der Waals surface area contributed by atoms with Crippen LogP contribution in [0.5, 0.6) is 0 Å². The van der Waals surface area contributed by atoms with Gasteiger partial charge in [0.05, 0.1) is 28.3 Å². The van der Waals surface area contributed by atoms with Gasteiger partial charge in [0.1, 0.15) is 5.52 Å². The molecule has 0 unspecified atom stereocenters. The minimum Gasteiger partial charge on any atom is -0.309 e. The van der Waals surface area contributed by atoms with Gasteiger partial charge in [0.2, 0.25) is 0 Å². The van der Waals surface area contributed by atoms with E-state index in [-0.39, 0.29) is 0 Å². The van der Waals surface area contributed by atoms with Gasteiger partial charge in [-0.25, -0.2) is 0 Å². The van der Waals surface area contributed by atoms with E-state index < -0.39 is 0 Å². The molecule has 3 aromatic heterocycles. The van der Waals surface area contributed by atoms with Gasteiger partial charge in [-0.3, -0.25) is 9.67 Å². The molecule has 1 aliphatic rings. The molecule has 0 saturated carbocycles. The molecule has 4 heterocycles. The van der Waals surface area contributed by atoms with Gasteiger partial charge in [-0.1, -0.05) is 0 Å². The van der Waals surface area contributed by atoms with Crippen LogP contribution >= 0.6 is 11.5 Å². The van der Waals surface area contributed by atoms with Crippen molar-refractivity contribution in [1.29, 1.82) is 0 Å². The maximum atomic E-state index is 4.76. The maximum absolute atomic E-state index is 4.76. The number of pyridine rings is 1. The molecule has 0 aromatic carbocycles. The standard InChI is InChI=1S/C13H13N5S/c1-8-5-14-6-9-4-11(17-18(8)9)10-2-3-15-12-7-16-19-13(10)12/h2-4,7-8,14H,5-6H2,1H3/t8-/m0/s1. The summed E-state index contributed by atoms with van der Waals surface area (Å²) in [5, 5.41) is 8.16. The Morgan fingerprint density at radius 1 is 1.47 bits per heavy atom. The smallest absolute Gasteiger partial charge is 0.102 e. The van der Waals surface area contributed by atoms with Crippen molar-refractivity contribution >= 4 is 21.7 Å². The van der Waals surface area contributed by atoms with Gasteiger partial charge in [-0.15, -0.1) is 0 Å². The zero-order chi connectivity index (χ0) is 12.8. The Hall–Kier alpha value is -1.79. The van der Waals surface area contributed by atoms with Crippen molar-refractivity contribution in [3.05, 3.63) is 30.2 Å². The summed E-state index contributed by atoms with van der Waals surface area (Å²) in [5.74, 6) is 0. The van der Waals surface area contributed by atoms with Crippen LogP contribution in [0.25, 0.3) is 21.5 Å². The van der Waals surface area contributed by atoms with Gasteiger partial charge in [-0.2, -0.15) is 9.47 Å². The van der Waals surface area contributed by atoms with Crippen LogP contribution < -0.4 is 5.32 Å². The van der Waals surface area contributed by atoms with Crippen molar-refractivity contribution in [2.24, 2.45) is 0 Å². The number of nitrogens with one attached hydrogen (secondary N) is 1. The van der Waals surface area contributed by atoms with E-state index >= 15 is 0 Å². The van der Waals surface area contributed by atoms with Crippen molar-refractivity contribution in [3.63, 3.8) is 0 Å². The van der Waals surface area contributed by atoms with Crippen LogP contribution in [0.1, 0.15) is 18.7 Å². The Kier molecular flexibility index (Phi) is 2.39. The van der Waals surface area contributed by atoms with Crippen LogP contribution in [0.2, 0.25) is 0 Å². The minimum absolute atomic E-state index is 0.399. The summed E-state index contributed by atoms with van der Waals surface area (Å²) in [4.78, 5) is 4.33. The number of nitrogens with zero attached hydrogens (tertiary/aromatic N) is 4.